The maximum Gasteiger partial charge on any atom is 0.400 e. The molecule has 40 heavy (non-hydrogen) atoms. The second-order valence-corrected chi connectivity index (χ2v) is 12.4. The van der Waals surface area contributed by atoms with E-state index in [2.05, 4.69) is 11.7 Å². The minimum absolute atomic E-state index is 0.178. The molecule has 0 aliphatic heterocycles. The van der Waals surface area contributed by atoms with Gasteiger partial charge in [0.15, 0.2) is 17.5 Å². The Morgan fingerprint density at radius 1 is 0.600 bits per heavy atom. The Balaban J connectivity index is 1.14. The van der Waals surface area contributed by atoms with Crippen LogP contribution in [0.3, 0.4) is 0 Å². The van der Waals surface area contributed by atoms with E-state index in [1.54, 1.807) is 12.1 Å². The van der Waals surface area contributed by atoms with Crippen LogP contribution in [0.1, 0.15) is 107 Å². The van der Waals surface area contributed by atoms with Crippen LogP contribution in [0.25, 0.3) is 0 Å². The zero-order chi connectivity index (χ0) is 28.6. The molecule has 0 spiro atoms. The fourth-order valence-corrected chi connectivity index (χ4v) is 7.46. The fraction of sp³-hybridized carbons (Fsp3) is 0.625. The van der Waals surface area contributed by atoms with E-state index in [1.807, 2.05) is 0 Å². The number of halogens is 7. The van der Waals surface area contributed by atoms with E-state index in [0.717, 1.165) is 44.1 Å². The van der Waals surface area contributed by atoms with Gasteiger partial charge in [0.2, 0.25) is 0 Å². The van der Waals surface area contributed by atoms with Gasteiger partial charge in [-0.05, 0) is 111 Å². The SMILES string of the molecule is CC1CCC(c2cc(F)c(C3CCC(C4CCC(C(F)(F)Oc5cc(F)c(F)c(F)c5)CC4)CC3)c(F)c2)CC1. The zero-order valence-electron chi connectivity index (χ0n) is 22.8. The van der Waals surface area contributed by atoms with Crippen molar-refractivity contribution in [1.82, 2.24) is 0 Å². The Morgan fingerprint density at radius 2 is 1.07 bits per heavy atom. The van der Waals surface area contributed by atoms with E-state index >= 15 is 8.78 Å². The molecule has 0 saturated heterocycles. The normalized spacial score (nSPS) is 29.8. The third-order valence-corrected chi connectivity index (χ3v) is 9.89. The van der Waals surface area contributed by atoms with Gasteiger partial charge in [0.25, 0.3) is 0 Å². The Bertz CT molecular complexity index is 1130. The molecule has 0 N–H and O–H groups in total. The Labute approximate surface area is 231 Å². The van der Waals surface area contributed by atoms with Crippen LogP contribution in [-0.2, 0) is 0 Å². The standard InChI is InChI=1S/C32H37F7O/c1-18-2-4-21(5-3-18)23-14-26(33)30(27(34)15-23)22-8-6-19(7-9-22)20-10-12-24(13-11-20)32(38,39)40-25-16-28(35)31(37)29(36)17-25/h14-22,24H,2-13H2,1H3. The van der Waals surface area contributed by atoms with E-state index in [-0.39, 0.29) is 36.2 Å². The summed E-state index contributed by atoms with van der Waals surface area (Å²) in [5.41, 5.74) is 0.965. The van der Waals surface area contributed by atoms with Crippen LogP contribution in [0, 0.1) is 52.8 Å². The maximum atomic E-state index is 15.2. The van der Waals surface area contributed by atoms with Gasteiger partial charge in [0.05, 0.1) is 5.92 Å². The van der Waals surface area contributed by atoms with E-state index in [0.29, 0.717) is 49.7 Å². The highest BCUT2D eigenvalue weighted by Gasteiger charge is 2.45. The molecule has 2 aromatic carbocycles. The third-order valence-electron chi connectivity index (χ3n) is 9.89. The lowest BCUT2D eigenvalue weighted by Gasteiger charge is -2.39. The van der Waals surface area contributed by atoms with Crippen molar-refractivity contribution in [2.75, 3.05) is 0 Å². The van der Waals surface area contributed by atoms with Gasteiger partial charge in [-0.1, -0.05) is 19.8 Å². The van der Waals surface area contributed by atoms with E-state index in [9.17, 15) is 22.0 Å². The lowest BCUT2D eigenvalue weighted by Crippen LogP contribution is -2.38. The number of hydrogen-bond donors (Lipinski definition) is 0. The number of hydrogen-bond acceptors (Lipinski definition) is 1. The Morgan fingerprint density at radius 3 is 1.60 bits per heavy atom. The molecule has 1 nitrogen and oxygen atoms in total. The first-order valence-corrected chi connectivity index (χ1v) is 14.7. The molecular weight excluding hydrogens is 533 g/mol. The van der Waals surface area contributed by atoms with E-state index in [1.165, 1.54) is 0 Å². The molecule has 5 rings (SSSR count). The molecule has 0 unspecified atom stereocenters. The van der Waals surface area contributed by atoms with Crippen LogP contribution >= 0.6 is 0 Å². The minimum Gasteiger partial charge on any atom is -0.432 e. The highest BCUT2D eigenvalue weighted by atomic mass is 19.3. The molecule has 3 aliphatic rings. The monoisotopic (exact) mass is 570 g/mol. The van der Waals surface area contributed by atoms with Crippen LogP contribution in [0.5, 0.6) is 5.75 Å². The lowest BCUT2D eigenvalue weighted by molar-refractivity contribution is -0.224. The molecule has 0 bridgehead atoms. The number of alkyl halides is 2. The fourth-order valence-electron chi connectivity index (χ4n) is 7.46. The van der Waals surface area contributed by atoms with Crippen molar-refractivity contribution >= 4 is 0 Å². The van der Waals surface area contributed by atoms with Crippen molar-refractivity contribution in [3.05, 3.63) is 64.5 Å². The Hall–Kier alpha value is -2.25. The van der Waals surface area contributed by atoms with Crippen LogP contribution < -0.4 is 4.74 Å². The first-order valence-electron chi connectivity index (χ1n) is 14.7. The van der Waals surface area contributed by atoms with Gasteiger partial charge in [-0.3, -0.25) is 0 Å². The van der Waals surface area contributed by atoms with E-state index < -0.39 is 46.9 Å². The topological polar surface area (TPSA) is 9.23 Å². The molecule has 2 aromatic rings. The summed E-state index contributed by atoms with van der Waals surface area (Å²) >= 11 is 0. The van der Waals surface area contributed by atoms with E-state index in [4.69, 9.17) is 0 Å². The molecule has 3 aliphatic carbocycles. The summed E-state index contributed by atoms with van der Waals surface area (Å²) in [6, 6.07) is 3.94. The molecule has 0 amide bonds. The van der Waals surface area contributed by atoms with Crippen LogP contribution in [0.4, 0.5) is 30.7 Å². The minimum atomic E-state index is -3.64. The first-order chi connectivity index (χ1) is 19.0. The van der Waals surface area contributed by atoms with Crippen LogP contribution in [-0.4, -0.2) is 6.11 Å². The molecular formula is C32H37F7O. The Kier molecular flexibility index (Phi) is 8.72. The van der Waals surface area contributed by atoms with Gasteiger partial charge in [-0.15, -0.1) is 0 Å². The van der Waals surface area contributed by atoms with Gasteiger partial charge < -0.3 is 4.74 Å². The summed E-state index contributed by atoms with van der Waals surface area (Å²) in [6.45, 7) is 2.22. The molecule has 0 radical (unpaired) electrons. The van der Waals surface area contributed by atoms with Crippen molar-refractivity contribution in [2.24, 2.45) is 23.7 Å². The molecule has 8 heteroatoms. The number of benzene rings is 2. The summed E-state index contributed by atoms with van der Waals surface area (Å²) in [4.78, 5) is 0. The summed E-state index contributed by atoms with van der Waals surface area (Å²) < 4.78 is 105. The molecule has 0 atom stereocenters. The second kappa shape index (κ2) is 11.9. The lowest BCUT2D eigenvalue weighted by atomic mass is 9.68. The summed E-state index contributed by atoms with van der Waals surface area (Å²) in [5, 5.41) is 0. The largest absolute Gasteiger partial charge is 0.432 e. The van der Waals surface area contributed by atoms with Gasteiger partial charge in [-0.25, -0.2) is 22.0 Å². The first kappa shape index (κ1) is 29.2. The van der Waals surface area contributed by atoms with Gasteiger partial charge >= 0.3 is 6.11 Å². The second-order valence-electron chi connectivity index (χ2n) is 12.4. The average Bonchev–Trinajstić information content (AvgIpc) is 2.92. The summed E-state index contributed by atoms with van der Waals surface area (Å²) in [5.74, 6) is -6.41. The highest BCUT2D eigenvalue weighted by molar-refractivity contribution is 5.32. The molecule has 0 aromatic heterocycles. The highest BCUT2D eigenvalue weighted by Crippen LogP contribution is 2.48. The van der Waals surface area contributed by atoms with Gasteiger partial charge in [0, 0.05) is 17.7 Å². The number of ether oxygens (including phenoxy) is 1. The predicted molar refractivity (Wildman–Crippen MR) is 139 cm³/mol. The number of rotatable bonds is 6. The van der Waals surface area contributed by atoms with Crippen molar-refractivity contribution < 1.29 is 35.5 Å². The van der Waals surface area contributed by atoms with Gasteiger partial charge in [0.1, 0.15) is 17.4 Å². The van der Waals surface area contributed by atoms with Gasteiger partial charge in [-0.2, -0.15) is 8.78 Å². The van der Waals surface area contributed by atoms with Crippen LogP contribution in [0.15, 0.2) is 24.3 Å². The summed E-state index contributed by atoms with van der Waals surface area (Å²) in [6.07, 6.45) is 4.87. The van der Waals surface area contributed by atoms with Crippen LogP contribution in [0.2, 0.25) is 0 Å². The van der Waals surface area contributed by atoms with Crippen molar-refractivity contribution in [3.8, 4) is 5.75 Å². The smallest absolute Gasteiger partial charge is 0.400 e. The van der Waals surface area contributed by atoms with Crippen molar-refractivity contribution in [1.29, 1.82) is 0 Å². The summed E-state index contributed by atoms with van der Waals surface area (Å²) in [7, 11) is 0. The molecule has 3 saturated carbocycles. The third kappa shape index (κ3) is 6.30. The molecule has 3 fully saturated rings. The predicted octanol–water partition coefficient (Wildman–Crippen LogP) is 10.4. The molecule has 0 heterocycles. The zero-order valence-corrected chi connectivity index (χ0v) is 22.8. The maximum absolute atomic E-state index is 15.2. The average molecular weight is 571 g/mol. The van der Waals surface area contributed by atoms with Crippen molar-refractivity contribution in [3.63, 3.8) is 0 Å². The molecule has 220 valence electrons. The van der Waals surface area contributed by atoms with Crippen molar-refractivity contribution in [2.45, 2.75) is 102 Å². The quantitative estimate of drug-likeness (QED) is 0.248.